The molecule has 8 heteroatoms. The fourth-order valence-electron chi connectivity index (χ4n) is 4.02. The van der Waals surface area contributed by atoms with Crippen LogP contribution >= 0.6 is 0 Å². The van der Waals surface area contributed by atoms with Crippen LogP contribution in [0, 0.1) is 16.7 Å². The van der Waals surface area contributed by atoms with Crippen molar-refractivity contribution in [2.75, 3.05) is 7.05 Å². The van der Waals surface area contributed by atoms with Gasteiger partial charge in [0.1, 0.15) is 12.1 Å². The molecule has 0 saturated carbocycles. The Morgan fingerprint density at radius 3 is 2.00 bits per heavy atom. The van der Waals surface area contributed by atoms with Crippen LogP contribution in [0.4, 0.5) is 0 Å². The first-order valence-corrected chi connectivity index (χ1v) is 11.6. The fourth-order valence-corrected chi connectivity index (χ4v) is 4.02. The maximum Gasteiger partial charge on any atom is 0.306 e. The third-order valence-electron chi connectivity index (χ3n) is 5.97. The van der Waals surface area contributed by atoms with Gasteiger partial charge in [-0.15, -0.1) is 0 Å². The van der Waals surface area contributed by atoms with Gasteiger partial charge in [-0.1, -0.05) is 57.2 Å². The largest absolute Gasteiger partial charge is 0.481 e. The van der Waals surface area contributed by atoms with Gasteiger partial charge in [-0.25, -0.2) is 0 Å². The Bertz CT molecular complexity index is 1280. The second kappa shape index (κ2) is 10.9. The van der Waals surface area contributed by atoms with Crippen LogP contribution in [-0.4, -0.2) is 40.5 Å². The molecule has 0 radical (unpaired) electrons. The van der Waals surface area contributed by atoms with Gasteiger partial charge in [0, 0.05) is 18.9 Å². The highest BCUT2D eigenvalue weighted by Gasteiger charge is 2.35. The monoisotopic (exact) mass is 486 g/mol. The molecule has 0 spiro atoms. The number of carbonyl (C=O) groups excluding carboxylic acids is 2. The van der Waals surface area contributed by atoms with Crippen molar-refractivity contribution in [1.82, 2.24) is 15.2 Å². The van der Waals surface area contributed by atoms with Gasteiger partial charge in [-0.2, -0.15) is 5.26 Å². The zero-order valence-electron chi connectivity index (χ0n) is 20.8. The number of carboxylic acids is 1. The molecule has 3 aromatic rings. The van der Waals surface area contributed by atoms with E-state index in [4.69, 9.17) is 5.26 Å². The summed E-state index contributed by atoms with van der Waals surface area (Å²) in [6.45, 7) is 5.49. The van der Waals surface area contributed by atoms with E-state index in [2.05, 4.69) is 16.7 Å². The standard InChI is InChI=1S/C28H30N4O4/c1-28(2,3)25(27(36)30-4)31-26(35)23(16-24(33)34)32-15-5-6-22(32)21-13-11-20(12-14-21)19-9-7-18(17-29)8-10-19/h5-15,23,25H,16H2,1-4H3,(H,30,36)(H,31,35)(H,33,34)/t23-,25?/m1/s1. The zero-order valence-corrected chi connectivity index (χ0v) is 20.8. The molecule has 1 unspecified atom stereocenters. The summed E-state index contributed by atoms with van der Waals surface area (Å²) >= 11 is 0. The quantitative estimate of drug-likeness (QED) is 0.444. The maximum atomic E-state index is 13.3. The van der Waals surface area contributed by atoms with E-state index in [1.54, 1.807) is 29.0 Å². The normalized spacial score (nSPS) is 12.8. The lowest BCUT2D eigenvalue weighted by Gasteiger charge is -2.31. The second-order valence-corrected chi connectivity index (χ2v) is 9.60. The number of hydrogen-bond acceptors (Lipinski definition) is 4. The van der Waals surface area contributed by atoms with Crippen molar-refractivity contribution >= 4 is 17.8 Å². The minimum absolute atomic E-state index is 0.351. The third-order valence-corrected chi connectivity index (χ3v) is 5.97. The Hall–Kier alpha value is -4.38. The second-order valence-electron chi connectivity index (χ2n) is 9.60. The van der Waals surface area contributed by atoms with Gasteiger partial charge < -0.3 is 20.3 Å². The lowest BCUT2D eigenvalue weighted by atomic mass is 9.86. The van der Waals surface area contributed by atoms with Crippen molar-refractivity contribution in [3.63, 3.8) is 0 Å². The number of aromatic nitrogens is 1. The van der Waals surface area contributed by atoms with E-state index in [1.807, 2.05) is 63.2 Å². The summed E-state index contributed by atoms with van der Waals surface area (Å²) in [6.07, 6.45) is 1.23. The Kier molecular flexibility index (Phi) is 7.95. The molecule has 0 fully saturated rings. The molecule has 8 nitrogen and oxygen atoms in total. The zero-order chi connectivity index (χ0) is 26.5. The number of aliphatic carboxylic acids is 1. The van der Waals surface area contributed by atoms with Crippen molar-refractivity contribution in [2.24, 2.45) is 5.41 Å². The number of nitrogens with one attached hydrogen (secondary N) is 2. The highest BCUT2D eigenvalue weighted by Crippen LogP contribution is 2.29. The van der Waals surface area contributed by atoms with Crippen molar-refractivity contribution in [3.05, 3.63) is 72.4 Å². The van der Waals surface area contributed by atoms with Crippen molar-refractivity contribution < 1.29 is 19.5 Å². The number of amides is 2. The number of nitrogens with zero attached hydrogens (tertiary/aromatic N) is 2. The predicted octanol–water partition coefficient (Wildman–Crippen LogP) is 3.99. The summed E-state index contributed by atoms with van der Waals surface area (Å²) in [5, 5.41) is 23.9. The third kappa shape index (κ3) is 5.99. The average Bonchev–Trinajstić information content (AvgIpc) is 3.34. The first-order chi connectivity index (χ1) is 17.0. The number of benzene rings is 2. The van der Waals surface area contributed by atoms with Crippen LogP contribution in [0.15, 0.2) is 66.9 Å². The molecule has 1 aromatic heterocycles. The van der Waals surface area contributed by atoms with Gasteiger partial charge in [0.25, 0.3) is 0 Å². The molecule has 2 aromatic carbocycles. The number of nitriles is 1. The fraction of sp³-hybridized carbons (Fsp3) is 0.286. The van der Waals surface area contributed by atoms with Gasteiger partial charge >= 0.3 is 5.97 Å². The van der Waals surface area contributed by atoms with Crippen LogP contribution in [0.3, 0.4) is 0 Å². The molecular formula is C28H30N4O4. The molecule has 1 heterocycles. The Morgan fingerprint density at radius 2 is 1.50 bits per heavy atom. The molecule has 0 aliphatic carbocycles. The van der Waals surface area contributed by atoms with Crippen molar-refractivity contribution in [2.45, 2.75) is 39.3 Å². The Labute approximate surface area is 210 Å². The van der Waals surface area contributed by atoms with Crippen LogP contribution in [0.5, 0.6) is 0 Å². The Morgan fingerprint density at radius 1 is 0.944 bits per heavy atom. The molecule has 2 amide bonds. The predicted molar refractivity (Wildman–Crippen MR) is 137 cm³/mol. The van der Waals surface area contributed by atoms with Gasteiger partial charge in [-0.05, 0) is 46.4 Å². The molecule has 3 rings (SSSR count). The number of carbonyl (C=O) groups is 3. The summed E-state index contributed by atoms with van der Waals surface area (Å²) < 4.78 is 1.63. The first-order valence-electron chi connectivity index (χ1n) is 11.6. The van der Waals surface area contributed by atoms with Gasteiger partial charge in [0.2, 0.25) is 11.8 Å². The molecule has 186 valence electrons. The number of hydrogen-bond donors (Lipinski definition) is 3. The van der Waals surface area contributed by atoms with E-state index in [1.165, 1.54) is 7.05 Å². The molecule has 3 N–H and O–H groups in total. The lowest BCUT2D eigenvalue weighted by Crippen LogP contribution is -2.54. The van der Waals surface area contributed by atoms with Crippen LogP contribution in [-0.2, 0) is 14.4 Å². The highest BCUT2D eigenvalue weighted by atomic mass is 16.4. The Balaban J connectivity index is 1.92. The van der Waals surface area contributed by atoms with Crippen LogP contribution < -0.4 is 10.6 Å². The van der Waals surface area contributed by atoms with Crippen molar-refractivity contribution in [1.29, 1.82) is 5.26 Å². The highest BCUT2D eigenvalue weighted by molar-refractivity contribution is 5.91. The molecule has 0 aliphatic heterocycles. The summed E-state index contributed by atoms with van der Waals surface area (Å²) in [4.78, 5) is 37.4. The molecule has 36 heavy (non-hydrogen) atoms. The van der Waals surface area contributed by atoms with E-state index < -0.39 is 35.8 Å². The minimum Gasteiger partial charge on any atom is -0.481 e. The number of likely N-dealkylation sites (N-methyl/N-ethyl adjacent to an activating group) is 1. The van der Waals surface area contributed by atoms with E-state index in [0.717, 1.165) is 16.7 Å². The maximum absolute atomic E-state index is 13.3. The van der Waals surface area contributed by atoms with Gasteiger partial charge in [0.05, 0.1) is 18.1 Å². The van der Waals surface area contributed by atoms with Crippen LogP contribution in [0.2, 0.25) is 0 Å². The smallest absolute Gasteiger partial charge is 0.306 e. The summed E-state index contributed by atoms with van der Waals surface area (Å²) in [6, 6.07) is 18.7. The van der Waals surface area contributed by atoms with E-state index in [0.29, 0.717) is 11.3 Å². The lowest BCUT2D eigenvalue weighted by molar-refractivity contribution is -0.141. The molecule has 0 bridgehead atoms. The number of carboxylic acid groups (broad SMARTS) is 1. The van der Waals surface area contributed by atoms with E-state index >= 15 is 0 Å². The van der Waals surface area contributed by atoms with Crippen LogP contribution in [0.1, 0.15) is 38.8 Å². The molecular weight excluding hydrogens is 456 g/mol. The van der Waals surface area contributed by atoms with Gasteiger partial charge in [0.15, 0.2) is 0 Å². The first kappa shape index (κ1) is 26.2. The van der Waals surface area contributed by atoms with Gasteiger partial charge in [-0.3, -0.25) is 14.4 Å². The average molecular weight is 487 g/mol. The molecule has 2 atom stereocenters. The summed E-state index contributed by atoms with van der Waals surface area (Å²) in [5.74, 6) is -2.03. The van der Waals surface area contributed by atoms with E-state index in [-0.39, 0.29) is 5.91 Å². The number of rotatable bonds is 8. The molecule has 0 saturated heterocycles. The summed E-state index contributed by atoms with van der Waals surface area (Å²) in [7, 11) is 1.49. The summed E-state index contributed by atoms with van der Waals surface area (Å²) in [5.41, 5.74) is 3.40. The topological polar surface area (TPSA) is 124 Å². The van der Waals surface area contributed by atoms with Crippen LogP contribution in [0.25, 0.3) is 22.4 Å². The van der Waals surface area contributed by atoms with Crippen molar-refractivity contribution in [3.8, 4) is 28.5 Å². The molecule has 0 aliphatic rings. The minimum atomic E-state index is -1.13. The SMILES string of the molecule is CNC(=O)C(NC(=O)[C@@H](CC(=O)O)n1cccc1-c1ccc(-c2ccc(C#N)cc2)cc1)C(C)(C)C. The van der Waals surface area contributed by atoms with E-state index in [9.17, 15) is 19.5 Å².